The van der Waals surface area contributed by atoms with Gasteiger partial charge in [-0.1, -0.05) is 109 Å². The Kier molecular flexibility index (Phi) is 5.77. The van der Waals surface area contributed by atoms with Crippen LogP contribution >= 0.6 is 0 Å². The zero-order valence-electron chi connectivity index (χ0n) is 28.7. The van der Waals surface area contributed by atoms with Crippen molar-refractivity contribution in [3.63, 3.8) is 0 Å². The van der Waals surface area contributed by atoms with Gasteiger partial charge in [-0.25, -0.2) is 0 Å². The van der Waals surface area contributed by atoms with Gasteiger partial charge in [0.25, 0.3) is 0 Å². The molecule has 9 aromatic carbocycles. The highest BCUT2D eigenvalue weighted by Crippen LogP contribution is 2.43. The maximum absolute atomic E-state index is 2.49. The molecule has 3 aromatic heterocycles. The maximum atomic E-state index is 2.49. The van der Waals surface area contributed by atoms with E-state index in [1.54, 1.807) is 0 Å². The normalized spacial score (nSPS) is 12.2. The number of benzene rings is 9. The Labute approximate surface area is 305 Å². The summed E-state index contributed by atoms with van der Waals surface area (Å²) in [6.07, 6.45) is 0. The Hall–Kier alpha value is -7.10. The molecule has 12 aromatic rings. The van der Waals surface area contributed by atoms with Gasteiger partial charge in [0, 0.05) is 49.4 Å². The lowest BCUT2D eigenvalue weighted by atomic mass is 9.97. The van der Waals surface area contributed by atoms with Crippen LogP contribution in [0.4, 0.5) is 0 Å². The van der Waals surface area contributed by atoms with Gasteiger partial charge in [0.05, 0.1) is 33.1 Å². The third-order valence-corrected chi connectivity index (χ3v) is 11.3. The lowest BCUT2D eigenvalue weighted by Crippen LogP contribution is -1.96. The van der Waals surface area contributed by atoms with Crippen LogP contribution in [-0.2, 0) is 0 Å². The molecular formula is C50H31N3. The molecule has 0 bridgehead atoms. The lowest BCUT2D eigenvalue weighted by Gasteiger charge is -2.12. The molecule has 0 amide bonds. The largest absolute Gasteiger partial charge is 0.309 e. The number of hydrogen-bond acceptors (Lipinski definition) is 0. The molecular weight excluding hydrogens is 643 g/mol. The summed E-state index contributed by atoms with van der Waals surface area (Å²) in [6, 6.07) is 69.0. The van der Waals surface area contributed by atoms with Crippen molar-refractivity contribution in [1.82, 2.24) is 13.7 Å². The molecule has 0 atom stereocenters. The third-order valence-electron chi connectivity index (χ3n) is 11.3. The average Bonchev–Trinajstić information content (AvgIpc) is 3.86. The second kappa shape index (κ2) is 10.7. The predicted molar refractivity (Wildman–Crippen MR) is 224 cm³/mol. The monoisotopic (exact) mass is 673 g/mol. The zero-order valence-corrected chi connectivity index (χ0v) is 28.7. The van der Waals surface area contributed by atoms with E-state index in [1.165, 1.54) is 98.7 Å². The van der Waals surface area contributed by atoms with Crippen molar-refractivity contribution in [2.24, 2.45) is 0 Å². The first-order valence-electron chi connectivity index (χ1n) is 18.3. The molecule has 0 aliphatic rings. The Morgan fingerprint density at radius 1 is 0.245 bits per heavy atom. The molecule has 3 heteroatoms. The minimum atomic E-state index is 1.16. The van der Waals surface area contributed by atoms with Gasteiger partial charge >= 0.3 is 0 Å². The molecule has 0 unspecified atom stereocenters. The van der Waals surface area contributed by atoms with Gasteiger partial charge < -0.3 is 13.7 Å². The number of rotatable bonds is 4. The van der Waals surface area contributed by atoms with Crippen molar-refractivity contribution in [3.8, 4) is 28.2 Å². The number of aromatic nitrogens is 3. The van der Waals surface area contributed by atoms with Crippen molar-refractivity contribution < 1.29 is 0 Å². The molecule has 0 N–H and O–H groups in total. The van der Waals surface area contributed by atoms with Gasteiger partial charge in [-0.2, -0.15) is 0 Å². The maximum Gasteiger partial charge on any atom is 0.0553 e. The van der Waals surface area contributed by atoms with Crippen LogP contribution in [0.15, 0.2) is 188 Å². The first-order valence-corrected chi connectivity index (χ1v) is 18.3. The van der Waals surface area contributed by atoms with E-state index in [1.807, 2.05) is 0 Å². The van der Waals surface area contributed by atoms with Crippen LogP contribution in [0.3, 0.4) is 0 Å². The molecule has 0 radical (unpaired) electrons. The molecule has 0 aliphatic heterocycles. The van der Waals surface area contributed by atoms with Crippen LogP contribution in [0.1, 0.15) is 0 Å². The number of nitrogens with zero attached hydrogens (tertiary/aromatic N) is 3. The van der Waals surface area contributed by atoms with Crippen LogP contribution in [0.25, 0.3) is 104 Å². The van der Waals surface area contributed by atoms with Crippen LogP contribution in [0.2, 0.25) is 0 Å². The molecule has 3 nitrogen and oxygen atoms in total. The topological polar surface area (TPSA) is 14.8 Å². The fourth-order valence-electron chi connectivity index (χ4n) is 9.10. The molecule has 0 saturated heterocycles. The van der Waals surface area contributed by atoms with E-state index in [-0.39, 0.29) is 0 Å². The van der Waals surface area contributed by atoms with Crippen molar-refractivity contribution >= 4 is 76.2 Å². The van der Waals surface area contributed by atoms with E-state index in [0.29, 0.717) is 0 Å². The smallest absolute Gasteiger partial charge is 0.0553 e. The SMILES string of the molecule is c1ccc(-n2c3ccccc3c3cc(-n4c5cccc6ccc7cc(-c8ccc9c%10ccccc%10n(-c%10ccccc%10)c9c8)cc4c7c65)ccc32)cc1. The van der Waals surface area contributed by atoms with Gasteiger partial charge in [0.15, 0.2) is 0 Å². The highest BCUT2D eigenvalue weighted by molar-refractivity contribution is 6.25. The van der Waals surface area contributed by atoms with Gasteiger partial charge in [0.1, 0.15) is 0 Å². The minimum absolute atomic E-state index is 1.16. The van der Waals surface area contributed by atoms with Crippen molar-refractivity contribution in [2.75, 3.05) is 0 Å². The molecule has 12 rings (SSSR count). The molecule has 0 aliphatic carbocycles. The summed E-state index contributed by atoms with van der Waals surface area (Å²) in [5.41, 5.74) is 13.2. The summed E-state index contributed by atoms with van der Waals surface area (Å²) >= 11 is 0. The second-order valence-electron chi connectivity index (χ2n) is 14.2. The highest BCUT2D eigenvalue weighted by Gasteiger charge is 2.20. The van der Waals surface area contributed by atoms with E-state index >= 15 is 0 Å². The average molecular weight is 674 g/mol. The number of para-hydroxylation sites is 4. The Balaban J connectivity index is 1.13. The Morgan fingerprint density at radius 2 is 0.792 bits per heavy atom. The minimum Gasteiger partial charge on any atom is -0.309 e. The molecule has 3 heterocycles. The lowest BCUT2D eigenvalue weighted by molar-refractivity contribution is 1.17. The van der Waals surface area contributed by atoms with E-state index in [9.17, 15) is 0 Å². The molecule has 53 heavy (non-hydrogen) atoms. The fraction of sp³-hybridized carbons (Fsp3) is 0. The highest BCUT2D eigenvalue weighted by atomic mass is 15.0. The van der Waals surface area contributed by atoms with Crippen molar-refractivity contribution in [3.05, 3.63) is 188 Å². The number of hydrogen-bond donors (Lipinski definition) is 0. The zero-order chi connectivity index (χ0) is 34.6. The fourth-order valence-corrected chi connectivity index (χ4v) is 9.10. The molecule has 246 valence electrons. The van der Waals surface area contributed by atoms with Crippen molar-refractivity contribution in [2.45, 2.75) is 0 Å². The summed E-state index contributed by atoms with van der Waals surface area (Å²) in [4.78, 5) is 0. The number of fused-ring (bicyclic) bond motifs is 6. The molecule has 0 spiro atoms. The van der Waals surface area contributed by atoms with Crippen LogP contribution < -0.4 is 0 Å². The molecule has 0 saturated carbocycles. The quantitative estimate of drug-likeness (QED) is 0.165. The summed E-state index contributed by atoms with van der Waals surface area (Å²) in [5, 5.41) is 10.2. The van der Waals surface area contributed by atoms with E-state index in [2.05, 4.69) is 202 Å². The summed E-state index contributed by atoms with van der Waals surface area (Å²) in [6.45, 7) is 0. The second-order valence-corrected chi connectivity index (χ2v) is 14.2. The van der Waals surface area contributed by atoms with Gasteiger partial charge in [0.2, 0.25) is 0 Å². The van der Waals surface area contributed by atoms with Gasteiger partial charge in [-0.05, 0) is 101 Å². The van der Waals surface area contributed by atoms with Crippen LogP contribution in [0, 0.1) is 0 Å². The van der Waals surface area contributed by atoms with Crippen molar-refractivity contribution in [1.29, 1.82) is 0 Å². The van der Waals surface area contributed by atoms with E-state index in [0.717, 1.165) is 5.69 Å². The first kappa shape index (κ1) is 28.6. The summed E-state index contributed by atoms with van der Waals surface area (Å²) < 4.78 is 7.28. The Bertz CT molecular complexity index is 3380. The van der Waals surface area contributed by atoms with Gasteiger partial charge in [-0.3, -0.25) is 0 Å². The first-order chi connectivity index (χ1) is 26.3. The van der Waals surface area contributed by atoms with Crippen LogP contribution in [-0.4, -0.2) is 13.7 Å². The third kappa shape index (κ3) is 3.99. The molecule has 0 fully saturated rings. The van der Waals surface area contributed by atoms with E-state index in [4.69, 9.17) is 0 Å². The standard InChI is InChI=1S/C50H31N3/c1-3-13-36(14-4-1)51-44-20-10-8-18-40(44)42-31-38(25-27-45(42)51)53-46-21-11-12-32-22-23-34-28-35(30-48(53)50(34)49(32)46)33-24-26-41-39-17-7-9-19-43(39)52(47(41)29-33)37-15-5-2-6-16-37/h1-31H. The summed E-state index contributed by atoms with van der Waals surface area (Å²) in [5.74, 6) is 0. The predicted octanol–water partition coefficient (Wildman–Crippen LogP) is 13.2. The van der Waals surface area contributed by atoms with Gasteiger partial charge in [-0.15, -0.1) is 0 Å². The van der Waals surface area contributed by atoms with E-state index < -0.39 is 0 Å². The summed E-state index contributed by atoms with van der Waals surface area (Å²) in [7, 11) is 0. The Morgan fingerprint density at radius 3 is 1.55 bits per heavy atom. The van der Waals surface area contributed by atoms with Crippen LogP contribution in [0.5, 0.6) is 0 Å².